The number of rotatable bonds is 6. The fourth-order valence-corrected chi connectivity index (χ4v) is 3.91. The van der Waals surface area contributed by atoms with Crippen molar-refractivity contribution in [1.29, 1.82) is 0 Å². The number of aromatic hydroxyl groups is 1. The number of nitrogen functional groups attached to an aromatic ring is 1. The highest BCUT2D eigenvalue weighted by atomic mass is 19.3. The molecule has 0 radical (unpaired) electrons. The molecule has 0 amide bonds. The number of pyridine rings is 1. The molecule has 5 rings (SSSR count). The van der Waals surface area contributed by atoms with E-state index in [0.29, 0.717) is 45.6 Å². The monoisotopic (exact) mass is 428 g/mol. The van der Waals surface area contributed by atoms with Gasteiger partial charge in [0, 0.05) is 17.7 Å². The van der Waals surface area contributed by atoms with E-state index in [1.54, 1.807) is 19.1 Å². The maximum absolute atomic E-state index is 13.0. The molecule has 4 aromatic rings. The lowest BCUT2D eigenvalue weighted by molar-refractivity contribution is 0.127. The highest BCUT2D eigenvalue weighted by Gasteiger charge is 2.29. The molecular weight excluding hydrogens is 406 g/mol. The summed E-state index contributed by atoms with van der Waals surface area (Å²) in [6.07, 6.45) is -0.199. The zero-order valence-corrected chi connectivity index (χ0v) is 17.0. The molecule has 1 saturated carbocycles. The molecule has 0 unspecified atom stereocenters. The van der Waals surface area contributed by atoms with Gasteiger partial charge in [-0.05, 0) is 44.7 Å². The van der Waals surface area contributed by atoms with Gasteiger partial charge in [0.05, 0.1) is 12.2 Å². The maximum Gasteiger partial charge on any atom is 0.256 e. The first kappa shape index (κ1) is 19.5. The van der Waals surface area contributed by atoms with E-state index >= 15 is 0 Å². The Balaban J connectivity index is 1.60. The van der Waals surface area contributed by atoms with Crippen molar-refractivity contribution in [3.63, 3.8) is 0 Å². The highest BCUT2D eigenvalue weighted by molar-refractivity contribution is 5.89. The van der Waals surface area contributed by atoms with E-state index in [1.807, 2.05) is 0 Å². The Morgan fingerprint density at radius 2 is 2.03 bits per heavy atom. The molecule has 11 heteroatoms. The molecule has 1 aliphatic carbocycles. The first-order chi connectivity index (χ1) is 14.8. The Hall–Kier alpha value is -3.50. The zero-order valence-electron chi connectivity index (χ0n) is 17.0. The summed E-state index contributed by atoms with van der Waals surface area (Å²) in [6, 6.07) is 5.11. The Morgan fingerprint density at radius 1 is 1.26 bits per heavy atom. The lowest BCUT2D eigenvalue weighted by Gasteiger charge is -2.13. The minimum absolute atomic E-state index is 0.125. The van der Waals surface area contributed by atoms with Crippen LogP contribution in [0.4, 0.5) is 20.5 Å². The molecule has 162 valence electrons. The number of imidazole rings is 1. The zero-order chi connectivity index (χ0) is 21.9. The molecule has 1 atom stereocenters. The molecule has 4 N–H and O–H groups in total. The van der Waals surface area contributed by atoms with Crippen LogP contribution in [0.25, 0.3) is 27.9 Å². The largest absolute Gasteiger partial charge is 0.493 e. The molecule has 4 heterocycles. The van der Waals surface area contributed by atoms with Crippen LogP contribution in [0.2, 0.25) is 0 Å². The van der Waals surface area contributed by atoms with E-state index in [4.69, 9.17) is 5.73 Å². The second kappa shape index (κ2) is 7.03. The number of anilines is 2. The predicted molar refractivity (Wildman–Crippen MR) is 112 cm³/mol. The van der Waals surface area contributed by atoms with Crippen LogP contribution in [0.15, 0.2) is 18.2 Å². The average molecular weight is 428 g/mol. The number of nitrogens with one attached hydrogen (secondary N) is 1. The number of nitrogens with zero attached hydrogens (tertiary/aromatic N) is 6. The Bertz CT molecular complexity index is 1290. The second-order valence-electron chi connectivity index (χ2n) is 7.97. The van der Waals surface area contributed by atoms with Gasteiger partial charge in [0.15, 0.2) is 11.5 Å². The molecule has 31 heavy (non-hydrogen) atoms. The van der Waals surface area contributed by atoms with Gasteiger partial charge >= 0.3 is 0 Å². The maximum atomic E-state index is 13.0. The van der Waals surface area contributed by atoms with Crippen molar-refractivity contribution in [2.75, 3.05) is 11.1 Å². The standard InChI is InChI=1S/C20H22F2N8O/c1-9(11-3-4-11)24-20-27-18(23)17-12(7-16(31)30(17)28-20)13-5-6-14-19(26-13)29(8-15(21)22)10(2)25-14/h5-7,9,11,15,31H,3-4,8H2,1-2H3,(H3,23,24,27,28)/t9-/m1/s1. The summed E-state index contributed by atoms with van der Waals surface area (Å²) < 4.78 is 28.7. The smallest absolute Gasteiger partial charge is 0.256 e. The van der Waals surface area contributed by atoms with Gasteiger partial charge in [0.25, 0.3) is 6.43 Å². The van der Waals surface area contributed by atoms with Crippen molar-refractivity contribution in [2.24, 2.45) is 5.92 Å². The van der Waals surface area contributed by atoms with E-state index < -0.39 is 13.0 Å². The number of aryl methyl sites for hydroxylation is 1. The van der Waals surface area contributed by atoms with Gasteiger partial charge in [0.1, 0.15) is 16.9 Å². The van der Waals surface area contributed by atoms with Crippen LogP contribution >= 0.6 is 0 Å². The summed E-state index contributed by atoms with van der Waals surface area (Å²) in [7, 11) is 0. The predicted octanol–water partition coefficient (Wildman–Crippen LogP) is 3.21. The molecule has 0 aliphatic heterocycles. The third-order valence-corrected chi connectivity index (χ3v) is 5.69. The minimum atomic E-state index is -2.53. The van der Waals surface area contributed by atoms with Gasteiger partial charge in [-0.15, -0.1) is 5.10 Å². The van der Waals surface area contributed by atoms with Crippen molar-refractivity contribution in [3.05, 3.63) is 24.0 Å². The van der Waals surface area contributed by atoms with Gasteiger partial charge in [0.2, 0.25) is 11.8 Å². The van der Waals surface area contributed by atoms with Gasteiger partial charge < -0.3 is 20.7 Å². The van der Waals surface area contributed by atoms with Crippen molar-refractivity contribution in [3.8, 4) is 17.1 Å². The fraction of sp³-hybridized carbons (Fsp3) is 0.400. The van der Waals surface area contributed by atoms with Gasteiger partial charge in [-0.3, -0.25) is 0 Å². The van der Waals surface area contributed by atoms with Crippen LogP contribution in [0, 0.1) is 12.8 Å². The molecule has 0 saturated heterocycles. The van der Waals surface area contributed by atoms with Crippen molar-refractivity contribution in [2.45, 2.75) is 45.7 Å². The van der Waals surface area contributed by atoms with E-state index in [9.17, 15) is 13.9 Å². The van der Waals surface area contributed by atoms with Crippen LogP contribution in [-0.2, 0) is 6.54 Å². The van der Waals surface area contributed by atoms with Crippen LogP contribution in [0.1, 0.15) is 25.6 Å². The SMILES string of the molecule is Cc1nc2ccc(-c3cc(O)n4nc(N[C@H](C)C5CC5)nc(N)c34)nc2n1CC(F)F. The Labute approximate surface area is 175 Å². The number of aromatic nitrogens is 6. The Kier molecular flexibility index (Phi) is 4.42. The van der Waals surface area contributed by atoms with Crippen LogP contribution in [-0.4, -0.2) is 46.7 Å². The van der Waals surface area contributed by atoms with Crippen molar-refractivity contribution < 1.29 is 13.9 Å². The summed E-state index contributed by atoms with van der Waals surface area (Å²) >= 11 is 0. The van der Waals surface area contributed by atoms with Gasteiger partial charge in [-0.25, -0.2) is 18.7 Å². The molecule has 1 aliphatic rings. The van der Waals surface area contributed by atoms with Crippen molar-refractivity contribution in [1.82, 2.24) is 29.1 Å². The molecular formula is C20H22F2N8O. The molecule has 1 fully saturated rings. The summed E-state index contributed by atoms with van der Waals surface area (Å²) in [4.78, 5) is 13.2. The first-order valence-corrected chi connectivity index (χ1v) is 10.1. The summed E-state index contributed by atoms with van der Waals surface area (Å²) in [5.41, 5.74) is 8.41. The highest BCUT2D eigenvalue weighted by Crippen LogP contribution is 2.36. The number of hydrogen-bond acceptors (Lipinski definition) is 7. The third-order valence-electron chi connectivity index (χ3n) is 5.69. The third kappa shape index (κ3) is 3.39. The molecule has 9 nitrogen and oxygen atoms in total. The van der Waals surface area contributed by atoms with Gasteiger partial charge in [-0.2, -0.15) is 9.50 Å². The normalized spacial score (nSPS) is 15.3. The lowest BCUT2D eigenvalue weighted by atomic mass is 10.2. The minimum Gasteiger partial charge on any atom is -0.493 e. The second-order valence-corrected chi connectivity index (χ2v) is 7.97. The summed E-state index contributed by atoms with van der Waals surface area (Å²) in [5.74, 6) is 1.42. The molecule has 0 bridgehead atoms. The molecule has 0 aromatic carbocycles. The lowest BCUT2D eigenvalue weighted by Crippen LogP contribution is -2.20. The first-order valence-electron chi connectivity index (χ1n) is 10.1. The topological polar surface area (TPSA) is 119 Å². The van der Waals surface area contributed by atoms with Gasteiger partial charge in [-0.1, -0.05) is 0 Å². The summed E-state index contributed by atoms with van der Waals surface area (Å²) in [5, 5.41) is 18.1. The number of nitrogens with two attached hydrogens (primary N) is 1. The number of alkyl halides is 2. The molecule has 0 spiro atoms. The van der Waals surface area contributed by atoms with Crippen LogP contribution < -0.4 is 11.1 Å². The fourth-order valence-electron chi connectivity index (χ4n) is 3.91. The summed E-state index contributed by atoms with van der Waals surface area (Å²) in [6.45, 7) is 3.22. The van der Waals surface area contributed by atoms with E-state index in [0.717, 1.165) is 0 Å². The number of hydrogen-bond donors (Lipinski definition) is 3. The number of halogens is 2. The average Bonchev–Trinajstić information content (AvgIpc) is 3.45. The Morgan fingerprint density at radius 3 is 2.74 bits per heavy atom. The van der Waals surface area contributed by atoms with Crippen LogP contribution in [0.5, 0.6) is 5.88 Å². The molecule has 4 aromatic heterocycles. The van der Waals surface area contributed by atoms with Crippen molar-refractivity contribution >= 4 is 28.4 Å². The van der Waals surface area contributed by atoms with E-state index in [2.05, 4.69) is 32.3 Å². The quantitative estimate of drug-likeness (QED) is 0.431. The van der Waals surface area contributed by atoms with E-state index in [1.165, 1.54) is 28.0 Å². The van der Waals surface area contributed by atoms with Crippen LogP contribution in [0.3, 0.4) is 0 Å². The van der Waals surface area contributed by atoms with E-state index in [-0.39, 0.29) is 17.7 Å². The number of fused-ring (bicyclic) bond motifs is 2.